The molecule has 2 heterocycles. The van der Waals surface area contributed by atoms with Gasteiger partial charge in [-0.25, -0.2) is 0 Å². The molecular formula is C20H23N3O4Tc. The number of carboxylic acid groups (broad SMARTS) is 1. The van der Waals surface area contributed by atoms with E-state index in [1.165, 1.54) is 6.20 Å². The third-order valence-electron chi connectivity index (χ3n) is 4.77. The number of benzene rings is 1. The molecule has 0 saturated carbocycles. The van der Waals surface area contributed by atoms with Gasteiger partial charge in [0.15, 0.2) is 0 Å². The number of H-pyrrole nitrogens is 1. The van der Waals surface area contributed by atoms with E-state index in [1.807, 2.05) is 31.3 Å². The molecule has 1 radical (unpaired) electrons. The van der Waals surface area contributed by atoms with Crippen LogP contribution < -0.4 is 5.32 Å². The third-order valence-corrected chi connectivity index (χ3v) is 4.77. The van der Waals surface area contributed by atoms with Crippen LogP contribution in [0.4, 0.5) is 0 Å². The number of hydrogen-bond donors (Lipinski definition) is 5. The fraction of sp³-hybridized carbons (Fsp3) is 0.300. The Hall–Kier alpha value is -2.25. The van der Waals surface area contributed by atoms with Crippen LogP contribution in [0.3, 0.4) is 0 Å². The number of aliphatic carboxylic acids is 1. The average Bonchev–Trinajstić information content (AvgIpc) is 3.03. The smallest absolute Gasteiger partial charge is 0.321 e. The topological polar surface area (TPSA) is 118 Å². The Labute approximate surface area is 176 Å². The number of rotatable bonds is 7. The first-order valence-corrected chi connectivity index (χ1v) is 8.70. The molecule has 1 atom stereocenters. The summed E-state index contributed by atoms with van der Waals surface area (Å²) in [6.45, 7) is 3.48. The quantitative estimate of drug-likeness (QED) is 0.364. The fourth-order valence-electron chi connectivity index (χ4n) is 3.17. The molecule has 3 rings (SSSR count). The monoisotopic (exact) mass is 466 g/mol. The maximum atomic E-state index is 11.8. The van der Waals surface area contributed by atoms with E-state index in [4.69, 9.17) is 0 Å². The maximum Gasteiger partial charge on any atom is 0.321 e. The molecule has 8 heteroatoms. The zero-order valence-electron chi connectivity index (χ0n) is 15.7. The molecule has 5 N–H and O–H groups in total. The van der Waals surface area contributed by atoms with E-state index in [1.54, 1.807) is 6.92 Å². The summed E-state index contributed by atoms with van der Waals surface area (Å²) in [5.74, 6) is -1.01. The third kappa shape index (κ3) is 4.59. The number of aliphatic hydroxyl groups is 1. The number of fused-ring (bicyclic) bond motifs is 1. The second-order valence-electron chi connectivity index (χ2n) is 6.69. The number of nitrogens with one attached hydrogen (secondary N) is 2. The van der Waals surface area contributed by atoms with Gasteiger partial charge in [0.1, 0.15) is 11.8 Å². The zero-order chi connectivity index (χ0) is 19.6. The van der Waals surface area contributed by atoms with Crippen LogP contribution in [0.25, 0.3) is 10.9 Å². The predicted octanol–water partition coefficient (Wildman–Crippen LogP) is 2.16. The van der Waals surface area contributed by atoms with Crippen molar-refractivity contribution in [3.05, 3.63) is 58.5 Å². The molecule has 0 spiro atoms. The minimum absolute atomic E-state index is 0. The van der Waals surface area contributed by atoms with Gasteiger partial charge in [-0.2, -0.15) is 0 Å². The van der Waals surface area contributed by atoms with E-state index in [2.05, 4.69) is 15.3 Å². The molecule has 0 aliphatic rings. The van der Waals surface area contributed by atoms with Gasteiger partial charge in [0, 0.05) is 67.5 Å². The summed E-state index contributed by atoms with van der Waals surface area (Å²) in [5, 5.41) is 33.3. The Morgan fingerprint density at radius 1 is 1.29 bits per heavy atom. The molecule has 0 amide bonds. The second kappa shape index (κ2) is 9.30. The van der Waals surface area contributed by atoms with E-state index in [9.17, 15) is 20.1 Å². The Morgan fingerprint density at radius 3 is 2.71 bits per heavy atom. The summed E-state index contributed by atoms with van der Waals surface area (Å²) in [6, 6.07) is 5.16. The molecule has 1 aromatic carbocycles. The summed E-state index contributed by atoms with van der Waals surface area (Å²) in [5.41, 5.74) is 4.34. The largest absolute Gasteiger partial charge is 0.506 e. The number of hydrogen-bond acceptors (Lipinski definition) is 5. The van der Waals surface area contributed by atoms with E-state index in [0.717, 1.165) is 22.0 Å². The molecule has 0 saturated heterocycles. The molecular weight excluding hydrogens is 444 g/mol. The van der Waals surface area contributed by atoms with Gasteiger partial charge in [0.25, 0.3) is 0 Å². The van der Waals surface area contributed by atoms with Gasteiger partial charge >= 0.3 is 5.97 Å². The molecule has 0 bridgehead atoms. The first-order chi connectivity index (χ1) is 12.9. The van der Waals surface area contributed by atoms with Crippen LogP contribution in [0.15, 0.2) is 30.6 Å². The minimum Gasteiger partial charge on any atom is -0.506 e. The molecule has 3 aromatic rings. The van der Waals surface area contributed by atoms with E-state index >= 15 is 0 Å². The number of carbonyl (C=O) groups is 1. The maximum absolute atomic E-state index is 11.8. The Kier molecular flexibility index (Phi) is 7.32. The van der Waals surface area contributed by atoms with Crippen molar-refractivity contribution in [2.45, 2.75) is 39.5 Å². The number of aliphatic hydroxyl groups excluding tert-OH is 1. The van der Waals surface area contributed by atoms with Crippen molar-refractivity contribution >= 4 is 16.9 Å². The number of pyridine rings is 1. The number of aryl methyl sites for hydroxylation is 2. The molecule has 28 heavy (non-hydrogen) atoms. The van der Waals surface area contributed by atoms with Crippen LogP contribution in [0.2, 0.25) is 0 Å². The average molecular weight is 467 g/mol. The van der Waals surface area contributed by atoms with Crippen molar-refractivity contribution in [1.82, 2.24) is 15.3 Å². The molecule has 0 fully saturated rings. The summed E-state index contributed by atoms with van der Waals surface area (Å²) in [6.07, 6.45) is 3.61. The van der Waals surface area contributed by atoms with E-state index in [-0.39, 0.29) is 45.4 Å². The number of aromatic hydroxyl groups is 1. The van der Waals surface area contributed by atoms with E-state index < -0.39 is 12.0 Å². The van der Waals surface area contributed by atoms with Gasteiger partial charge in [-0.05, 0) is 31.5 Å². The number of aromatic amines is 1. The van der Waals surface area contributed by atoms with Gasteiger partial charge in [-0.3, -0.25) is 15.1 Å². The first-order valence-electron chi connectivity index (χ1n) is 8.70. The van der Waals surface area contributed by atoms with Crippen LogP contribution in [0, 0.1) is 13.8 Å². The number of nitrogens with zero attached hydrogens (tertiary/aromatic N) is 1. The summed E-state index contributed by atoms with van der Waals surface area (Å²) < 4.78 is 0. The van der Waals surface area contributed by atoms with Crippen molar-refractivity contribution in [2.24, 2.45) is 0 Å². The predicted molar refractivity (Wildman–Crippen MR) is 102 cm³/mol. The number of carboxylic acids is 1. The standard InChI is InChI=1S/C20H23N3O4.Tc/c1-11-3-4-17-15(5-11)13(7-22-17)6-18(20(26)27)23-9-16-14(10-24)8-21-12(2)19(16)25;/h3-5,7-8,18,22-25H,6,9-10H2,1-2H3,(H,26,27);/t18-;/m0./s1. The van der Waals surface area contributed by atoms with Crippen LogP contribution in [-0.4, -0.2) is 37.3 Å². The molecule has 0 unspecified atom stereocenters. The summed E-state index contributed by atoms with van der Waals surface area (Å²) >= 11 is 0. The Morgan fingerprint density at radius 2 is 2.04 bits per heavy atom. The minimum atomic E-state index is -0.979. The van der Waals surface area contributed by atoms with Crippen LogP contribution in [0.5, 0.6) is 5.75 Å². The van der Waals surface area contributed by atoms with Gasteiger partial charge in [0.05, 0.1) is 12.3 Å². The Balaban J connectivity index is 0.00000280. The van der Waals surface area contributed by atoms with Gasteiger partial charge in [0.2, 0.25) is 0 Å². The van der Waals surface area contributed by atoms with Crippen LogP contribution in [-0.2, 0) is 44.5 Å². The van der Waals surface area contributed by atoms with E-state index in [0.29, 0.717) is 16.8 Å². The first kappa shape index (κ1) is 22.0. The second-order valence-corrected chi connectivity index (χ2v) is 6.69. The molecule has 149 valence electrons. The fourth-order valence-corrected chi connectivity index (χ4v) is 3.17. The van der Waals surface area contributed by atoms with Crippen molar-refractivity contribution in [3.63, 3.8) is 0 Å². The summed E-state index contributed by atoms with van der Waals surface area (Å²) in [7, 11) is 0. The molecule has 7 nitrogen and oxygen atoms in total. The SMILES string of the molecule is Cc1ccc2[nH]cc(C[C@H](NCc3c(CO)cnc(C)c3O)C(=O)O)c2c1.[Tc]. The summed E-state index contributed by atoms with van der Waals surface area (Å²) in [4.78, 5) is 18.9. The van der Waals surface area contributed by atoms with Crippen molar-refractivity contribution in [1.29, 1.82) is 0 Å². The van der Waals surface area contributed by atoms with Crippen LogP contribution in [0.1, 0.15) is 27.9 Å². The van der Waals surface area contributed by atoms with Gasteiger partial charge in [-0.1, -0.05) is 11.6 Å². The van der Waals surface area contributed by atoms with Crippen LogP contribution >= 0.6 is 0 Å². The number of aromatic nitrogens is 2. The van der Waals surface area contributed by atoms with Gasteiger partial charge < -0.3 is 20.3 Å². The van der Waals surface area contributed by atoms with Crippen molar-refractivity contribution in [2.75, 3.05) is 0 Å². The van der Waals surface area contributed by atoms with Gasteiger partial charge in [-0.15, -0.1) is 0 Å². The Bertz CT molecular complexity index is 987. The normalized spacial score (nSPS) is 12.0. The molecule has 2 aromatic heterocycles. The van der Waals surface area contributed by atoms with Crippen molar-refractivity contribution < 1.29 is 40.2 Å². The van der Waals surface area contributed by atoms with Crippen molar-refractivity contribution in [3.8, 4) is 5.75 Å². The molecule has 0 aliphatic carbocycles. The molecule has 0 aliphatic heterocycles. The zero-order valence-corrected chi connectivity index (χ0v) is 17.5.